The summed E-state index contributed by atoms with van der Waals surface area (Å²) in [6, 6.07) is 58.2. The number of nitrogens with zero attached hydrogens (tertiary/aromatic N) is 1. The molecular weight excluding hydrogens is 599 g/mol. The van der Waals surface area contributed by atoms with Gasteiger partial charge in [-0.3, -0.25) is 0 Å². The Hall–Kier alpha value is -3.86. The van der Waals surface area contributed by atoms with Crippen molar-refractivity contribution < 1.29 is 0 Å². The summed E-state index contributed by atoms with van der Waals surface area (Å²) in [5.41, 5.74) is 3.63. The van der Waals surface area contributed by atoms with Gasteiger partial charge in [-0.25, -0.2) is 0 Å². The molecule has 7 rings (SSSR count). The number of aromatic nitrogens is 1. The van der Waals surface area contributed by atoms with Gasteiger partial charge >= 0.3 is 241 Å². The van der Waals surface area contributed by atoms with E-state index in [-0.39, 0.29) is 0 Å². The first-order valence-corrected chi connectivity index (χ1v) is 18.2. The monoisotopic (exact) mass is 625 g/mol. The normalized spacial score (nSPS) is 11.7. The first-order chi connectivity index (χ1) is 19.3. The van der Waals surface area contributed by atoms with Crippen molar-refractivity contribution in [1.82, 2.24) is 4.57 Å². The van der Waals surface area contributed by atoms with Crippen molar-refractivity contribution in [3.05, 3.63) is 162 Å². The summed E-state index contributed by atoms with van der Waals surface area (Å²) >= 11 is 0.345. The van der Waals surface area contributed by atoms with E-state index in [0.29, 0.717) is 0 Å². The second-order valence-electron chi connectivity index (χ2n) is 9.91. The molecule has 0 atom stereocenters. The molecule has 6 aromatic carbocycles. The van der Waals surface area contributed by atoms with Gasteiger partial charge in [-0.1, -0.05) is 0 Å². The average molecular weight is 625 g/mol. The molecule has 0 aliphatic heterocycles. The average Bonchev–Trinajstić information content (AvgIpc) is 3.33. The molecular formula is C36H26BrGeN. The summed E-state index contributed by atoms with van der Waals surface area (Å²) in [6.07, 6.45) is 0. The van der Waals surface area contributed by atoms with E-state index in [1.807, 2.05) is 0 Å². The molecule has 0 aliphatic carbocycles. The molecule has 3 heteroatoms. The summed E-state index contributed by atoms with van der Waals surface area (Å²) in [4.78, 5) is 0. The molecule has 0 radical (unpaired) electrons. The Kier molecular flexibility index (Phi) is 6.23. The van der Waals surface area contributed by atoms with Crippen LogP contribution < -0.4 is 17.6 Å². The van der Waals surface area contributed by atoms with E-state index in [0.717, 1.165) is 4.47 Å². The Morgan fingerprint density at radius 3 is 1.54 bits per heavy atom. The number of fused-ring (bicyclic) bond motifs is 3. The number of halogens is 1. The van der Waals surface area contributed by atoms with Gasteiger partial charge in [0.05, 0.1) is 0 Å². The van der Waals surface area contributed by atoms with Gasteiger partial charge in [-0.2, -0.15) is 0 Å². The third-order valence-corrected chi connectivity index (χ3v) is 18.3. The first-order valence-electron chi connectivity index (χ1n) is 13.2. The molecule has 39 heavy (non-hydrogen) atoms. The van der Waals surface area contributed by atoms with E-state index < -0.39 is 13.3 Å². The first kappa shape index (κ1) is 24.2. The number of rotatable bonds is 5. The van der Waals surface area contributed by atoms with Crippen molar-refractivity contribution in [3.63, 3.8) is 0 Å². The zero-order chi connectivity index (χ0) is 26.2. The SMILES string of the molecule is Brc1ccc2c(c1)c1ccccc1n2-c1ccc[c]([Ge]([c]2ccccc2)([c]2ccccc2)[c]2ccccc2)c1. The summed E-state index contributed by atoms with van der Waals surface area (Å²) in [6.45, 7) is 0. The fourth-order valence-corrected chi connectivity index (χ4v) is 16.6. The predicted molar refractivity (Wildman–Crippen MR) is 172 cm³/mol. The number of para-hydroxylation sites is 1. The van der Waals surface area contributed by atoms with Crippen LogP contribution in [0, 0.1) is 0 Å². The van der Waals surface area contributed by atoms with Crippen molar-refractivity contribution in [2.75, 3.05) is 0 Å². The number of benzene rings is 6. The molecule has 0 fully saturated rings. The van der Waals surface area contributed by atoms with Gasteiger partial charge in [0, 0.05) is 0 Å². The van der Waals surface area contributed by atoms with E-state index in [9.17, 15) is 0 Å². The minimum absolute atomic E-state index is 1.10. The van der Waals surface area contributed by atoms with Crippen LogP contribution in [0.1, 0.15) is 0 Å². The predicted octanol–water partition coefficient (Wildman–Crippen LogP) is 6.92. The summed E-state index contributed by atoms with van der Waals surface area (Å²) in [7, 11) is 0. The molecule has 7 aromatic rings. The van der Waals surface area contributed by atoms with Crippen LogP contribution in [-0.2, 0) is 0 Å². The number of hydrogen-bond donors (Lipinski definition) is 0. The molecule has 0 amide bonds. The fraction of sp³-hybridized carbons (Fsp3) is 0. The van der Waals surface area contributed by atoms with Crippen LogP contribution in [0.4, 0.5) is 0 Å². The van der Waals surface area contributed by atoms with Crippen molar-refractivity contribution in [2.24, 2.45) is 0 Å². The second-order valence-corrected chi connectivity index (χ2v) is 18.8. The topological polar surface area (TPSA) is 4.93 Å². The Morgan fingerprint density at radius 2 is 0.923 bits per heavy atom. The Bertz CT molecular complexity index is 1810. The van der Waals surface area contributed by atoms with Crippen molar-refractivity contribution >= 4 is 68.6 Å². The van der Waals surface area contributed by atoms with Crippen LogP contribution in [0.15, 0.2) is 162 Å². The Balaban J connectivity index is 1.57. The van der Waals surface area contributed by atoms with E-state index >= 15 is 0 Å². The molecule has 0 aliphatic rings. The summed E-state index contributed by atoms with van der Waals surface area (Å²) < 4.78 is 9.22. The van der Waals surface area contributed by atoms with Crippen LogP contribution in [0.25, 0.3) is 27.5 Å². The molecule has 0 saturated heterocycles. The van der Waals surface area contributed by atoms with Gasteiger partial charge in [-0.05, 0) is 0 Å². The molecule has 1 nitrogen and oxygen atoms in total. The van der Waals surface area contributed by atoms with Crippen molar-refractivity contribution in [1.29, 1.82) is 0 Å². The maximum absolute atomic E-state index is 3.70. The maximum atomic E-state index is 3.70. The van der Waals surface area contributed by atoms with E-state index in [1.165, 1.54) is 45.1 Å². The molecule has 0 saturated carbocycles. The van der Waals surface area contributed by atoms with Crippen LogP contribution in [0.2, 0.25) is 0 Å². The summed E-state index contributed by atoms with van der Waals surface area (Å²) in [5.74, 6) is 0. The van der Waals surface area contributed by atoms with Crippen molar-refractivity contribution in [3.8, 4) is 5.69 Å². The van der Waals surface area contributed by atoms with Gasteiger partial charge in [0.15, 0.2) is 0 Å². The molecule has 1 aromatic heterocycles. The molecule has 0 unspecified atom stereocenters. The molecule has 0 bridgehead atoms. The minimum atomic E-state index is -3.35. The van der Waals surface area contributed by atoms with Gasteiger partial charge in [-0.15, -0.1) is 0 Å². The van der Waals surface area contributed by atoms with Crippen LogP contribution >= 0.6 is 15.9 Å². The van der Waals surface area contributed by atoms with Gasteiger partial charge < -0.3 is 0 Å². The zero-order valence-electron chi connectivity index (χ0n) is 21.3. The molecule has 0 N–H and O–H groups in total. The van der Waals surface area contributed by atoms with Crippen molar-refractivity contribution in [2.45, 2.75) is 0 Å². The van der Waals surface area contributed by atoms with Gasteiger partial charge in [0.1, 0.15) is 0 Å². The molecule has 1 heterocycles. The quantitative estimate of drug-likeness (QED) is 0.183. The second kappa shape index (κ2) is 10.0. The van der Waals surface area contributed by atoms with Gasteiger partial charge in [0.2, 0.25) is 0 Å². The fourth-order valence-electron chi connectivity index (χ4n) is 6.17. The van der Waals surface area contributed by atoms with E-state index in [2.05, 4.69) is 178 Å². The standard InChI is InChI=1S/C36H26BrGeN/c37-27-23-24-36-34(25-27)33-21-10-11-22-35(33)39(36)32-20-12-19-31(26-32)38(28-13-4-1-5-14-28,29-15-6-2-7-16-29)30-17-8-3-9-18-30/h1-26H. The van der Waals surface area contributed by atoms with Crippen LogP contribution in [0.5, 0.6) is 0 Å². The summed E-state index contributed by atoms with van der Waals surface area (Å²) in [5, 5.41) is 2.52. The third-order valence-electron chi connectivity index (χ3n) is 7.79. The third kappa shape index (κ3) is 3.98. The number of hydrogen-bond acceptors (Lipinski definition) is 0. The van der Waals surface area contributed by atoms with Crippen LogP contribution in [0.3, 0.4) is 0 Å². The Morgan fingerprint density at radius 1 is 0.410 bits per heavy atom. The van der Waals surface area contributed by atoms with Gasteiger partial charge in [0.25, 0.3) is 0 Å². The van der Waals surface area contributed by atoms with Crippen LogP contribution in [-0.4, -0.2) is 17.8 Å². The van der Waals surface area contributed by atoms with E-state index in [4.69, 9.17) is 0 Å². The Labute approximate surface area is 239 Å². The molecule has 186 valence electrons. The molecule has 0 spiro atoms. The zero-order valence-corrected chi connectivity index (χ0v) is 25.0. The van der Waals surface area contributed by atoms with E-state index in [1.54, 1.807) is 0 Å².